The van der Waals surface area contributed by atoms with Crippen LogP contribution in [0.25, 0.3) is 0 Å². The summed E-state index contributed by atoms with van der Waals surface area (Å²) in [5.74, 6) is 3.61. The lowest BCUT2D eigenvalue weighted by molar-refractivity contribution is 0.0921. The monoisotopic (exact) mass is 441 g/mol. The van der Waals surface area contributed by atoms with Crippen molar-refractivity contribution in [2.24, 2.45) is 0 Å². The molecule has 0 aliphatic carbocycles. The summed E-state index contributed by atoms with van der Waals surface area (Å²) in [6.45, 7) is 0.280. The first-order chi connectivity index (χ1) is 15.5. The highest BCUT2D eigenvalue weighted by molar-refractivity contribution is 5.91. The molecule has 0 aliphatic heterocycles. The Kier molecular flexibility index (Phi) is 7.49. The Balaban J connectivity index is 1.72. The maximum Gasteiger partial charge on any atom is 0.287 e. The molecule has 1 aromatic heterocycles. The third-order valence-corrected chi connectivity index (χ3v) is 4.99. The van der Waals surface area contributed by atoms with Crippen LogP contribution in [-0.4, -0.2) is 41.5 Å². The van der Waals surface area contributed by atoms with Crippen LogP contribution in [-0.2, 0) is 13.0 Å². The molecule has 1 N–H and O–H groups in total. The summed E-state index contributed by atoms with van der Waals surface area (Å²) < 4.78 is 32.6. The van der Waals surface area contributed by atoms with Crippen LogP contribution in [0, 0.1) is 0 Å². The molecular formula is C24H27NO7. The summed E-state index contributed by atoms with van der Waals surface area (Å²) in [6, 6.07) is 12.4. The number of ether oxygens (including phenoxy) is 5. The minimum absolute atomic E-state index is 0.207. The summed E-state index contributed by atoms with van der Waals surface area (Å²) in [5.41, 5.74) is 1.61. The fourth-order valence-corrected chi connectivity index (χ4v) is 3.28. The summed E-state index contributed by atoms with van der Waals surface area (Å²) in [7, 11) is 7.88. The van der Waals surface area contributed by atoms with Gasteiger partial charge in [-0.2, -0.15) is 0 Å². The maximum atomic E-state index is 12.6. The van der Waals surface area contributed by atoms with Crippen molar-refractivity contribution in [1.82, 2.24) is 5.32 Å². The van der Waals surface area contributed by atoms with Gasteiger partial charge in [-0.1, -0.05) is 0 Å². The molecule has 1 heterocycles. The van der Waals surface area contributed by atoms with Gasteiger partial charge in [-0.3, -0.25) is 4.79 Å². The molecule has 8 heteroatoms. The molecule has 0 atom stereocenters. The van der Waals surface area contributed by atoms with E-state index in [9.17, 15) is 4.79 Å². The molecule has 0 fully saturated rings. The Hall–Kier alpha value is -3.81. The average molecular weight is 441 g/mol. The van der Waals surface area contributed by atoms with E-state index in [1.54, 1.807) is 65.9 Å². The van der Waals surface area contributed by atoms with E-state index < -0.39 is 0 Å². The van der Waals surface area contributed by atoms with Crippen molar-refractivity contribution in [2.45, 2.75) is 13.0 Å². The fourth-order valence-electron chi connectivity index (χ4n) is 3.28. The van der Waals surface area contributed by atoms with Crippen molar-refractivity contribution in [1.29, 1.82) is 0 Å². The normalized spacial score (nSPS) is 10.4. The molecule has 0 bridgehead atoms. The van der Waals surface area contributed by atoms with Crippen LogP contribution in [0.3, 0.4) is 0 Å². The second-order valence-electron chi connectivity index (χ2n) is 6.81. The number of carbonyl (C=O) groups is 1. The van der Waals surface area contributed by atoms with Gasteiger partial charge >= 0.3 is 0 Å². The number of nitrogens with one attached hydrogen (secondary N) is 1. The number of benzene rings is 2. The third-order valence-electron chi connectivity index (χ3n) is 4.99. The molecule has 0 aliphatic rings. The Morgan fingerprint density at radius 1 is 0.781 bits per heavy atom. The van der Waals surface area contributed by atoms with Crippen LogP contribution in [0.2, 0.25) is 0 Å². The average Bonchev–Trinajstić information content (AvgIpc) is 3.31. The highest BCUT2D eigenvalue weighted by atomic mass is 16.5. The first-order valence-corrected chi connectivity index (χ1v) is 9.89. The van der Waals surface area contributed by atoms with E-state index in [0.29, 0.717) is 40.9 Å². The fraction of sp³-hybridized carbons (Fsp3) is 0.292. The zero-order chi connectivity index (χ0) is 23.1. The summed E-state index contributed by atoms with van der Waals surface area (Å²) >= 11 is 0. The van der Waals surface area contributed by atoms with Gasteiger partial charge < -0.3 is 33.4 Å². The van der Waals surface area contributed by atoms with Crippen molar-refractivity contribution in [3.05, 3.63) is 65.1 Å². The summed E-state index contributed by atoms with van der Waals surface area (Å²) in [5, 5.41) is 2.85. The van der Waals surface area contributed by atoms with Gasteiger partial charge in [0, 0.05) is 42.3 Å². The minimum atomic E-state index is -0.331. The number of rotatable bonds is 10. The number of hydrogen-bond donors (Lipinski definition) is 1. The molecule has 2 aromatic carbocycles. The van der Waals surface area contributed by atoms with E-state index in [4.69, 9.17) is 28.1 Å². The maximum absolute atomic E-state index is 12.6. The van der Waals surface area contributed by atoms with Gasteiger partial charge in [-0.15, -0.1) is 0 Å². The van der Waals surface area contributed by atoms with Gasteiger partial charge in [0.15, 0.2) is 5.76 Å². The highest BCUT2D eigenvalue weighted by Gasteiger charge is 2.18. The van der Waals surface area contributed by atoms with Crippen molar-refractivity contribution in [3.63, 3.8) is 0 Å². The molecule has 3 aromatic rings. The van der Waals surface area contributed by atoms with Gasteiger partial charge in [0.05, 0.1) is 35.5 Å². The van der Waals surface area contributed by atoms with E-state index in [1.807, 2.05) is 12.1 Å². The van der Waals surface area contributed by atoms with Gasteiger partial charge in [0.2, 0.25) is 0 Å². The number of furan rings is 1. The van der Waals surface area contributed by atoms with E-state index >= 15 is 0 Å². The van der Waals surface area contributed by atoms with E-state index in [1.165, 1.54) is 0 Å². The second kappa shape index (κ2) is 10.5. The van der Waals surface area contributed by atoms with E-state index in [0.717, 1.165) is 11.1 Å². The lowest BCUT2D eigenvalue weighted by atomic mass is 10.1. The number of amides is 1. The van der Waals surface area contributed by atoms with Crippen LogP contribution >= 0.6 is 0 Å². The Morgan fingerprint density at radius 2 is 1.41 bits per heavy atom. The topological polar surface area (TPSA) is 88.4 Å². The standard InChI is InChI=1S/C24H27NO7/c1-27-16-7-6-15(21(11-16)29-3)14-25-24(26)20-9-8-17(32-20)10-19-22(30-4)12-18(28-2)13-23(19)31-5/h6-9,11-13H,10,14H2,1-5H3,(H,25,26). The molecule has 0 spiro atoms. The molecule has 32 heavy (non-hydrogen) atoms. The lowest BCUT2D eigenvalue weighted by Gasteiger charge is -2.14. The molecule has 0 saturated heterocycles. The van der Waals surface area contributed by atoms with Crippen LogP contribution in [0.4, 0.5) is 0 Å². The van der Waals surface area contributed by atoms with Crippen molar-refractivity contribution in [3.8, 4) is 28.7 Å². The summed E-state index contributed by atoms with van der Waals surface area (Å²) in [4.78, 5) is 12.6. The van der Waals surface area contributed by atoms with Gasteiger partial charge in [-0.25, -0.2) is 0 Å². The molecule has 8 nitrogen and oxygen atoms in total. The predicted molar refractivity (Wildman–Crippen MR) is 118 cm³/mol. The molecule has 0 radical (unpaired) electrons. The number of methoxy groups -OCH3 is 5. The van der Waals surface area contributed by atoms with Crippen molar-refractivity contribution in [2.75, 3.05) is 35.5 Å². The number of carbonyl (C=O) groups excluding carboxylic acids is 1. The molecular weight excluding hydrogens is 414 g/mol. The van der Waals surface area contributed by atoms with Crippen LogP contribution < -0.4 is 29.0 Å². The summed E-state index contributed by atoms with van der Waals surface area (Å²) in [6.07, 6.45) is 0.385. The Morgan fingerprint density at radius 3 is 2.00 bits per heavy atom. The molecule has 0 unspecified atom stereocenters. The largest absolute Gasteiger partial charge is 0.497 e. The van der Waals surface area contributed by atoms with E-state index in [2.05, 4.69) is 5.32 Å². The molecule has 1 amide bonds. The predicted octanol–water partition coefficient (Wildman–Crippen LogP) is 3.84. The van der Waals surface area contributed by atoms with E-state index in [-0.39, 0.29) is 18.2 Å². The van der Waals surface area contributed by atoms with Gasteiger partial charge in [-0.05, 0) is 24.3 Å². The highest BCUT2D eigenvalue weighted by Crippen LogP contribution is 2.36. The zero-order valence-electron chi connectivity index (χ0n) is 18.8. The quantitative estimate of drug-likeness (QED) is 0.511. The lowest BCUT2D eigenvalue weighted by Crippen LogP contribution is -2.22. The molecule has 0 saturated carbocycles. The minimum Gasteiger partial charge on any atom is -0.497 e. The molecule has 170 valence electrons. The molecule has 3 rings (SSSR count). The Bertz CT molecular complexity index is 1050. The van der Waals surface area contributed by atoms with Crippen LogP contribution in [0.15, 0.2) is 46.9 Å². The van der Waals surface area contributed by atoms with Gasteiger partial charge in [0.25, 0.3) is 5.91 Å². The van der Waals surface area contributed by atoms with Crippen molar-refractivity contribution >= 4 is 5.91 Å². The smallest absolute Gasteiger partial charge is 0.287 e. The SMILES string of the molecule is COc1ccc(CNC(=O)c2ccc(Cc3c(OC)cc(OC)cc3OC)o2)c(OC)c1. The van der Waals surface area contributed by atoms with Gasteiger partial charge in [0.1, 0.15) is 34.5 Å². The number of hydrogen-bond acceptors (Lipinski definition) is 7. The third kappa shape index (κ3) is 5.08. The zero-order valence-corrected chi connectivity index (χ0v) is 18.8. The first-order valence-electron chi connectivity index (χ1n) is 9.89. The van der Waals surface area contributed by atoms with Crippen LogP contribution in [0.1, 0.15) is 27.4 Å². The second-order valence-corrected chi connectivity index (χ2v) is 6.81. The van der Waals surface area contributed by atoms with Crippen molar-refractivity contribution < 1.29 is 32.9 Å². The van der Waals surface area contributed by atoms with Crippen LogP contribution in [0.5, 0.6) is 28.7 Å². The Labute approximate surface area is 187 Å². The first kappa shape index (κ1) is 22.9.